The third-order valence-electron chi connectivity index (χ3n) is 4.41. The zero-order valence-corrected chi connectivity index (χ0v) is 18.5. The monoisotopic (exact) mass is 429 g/mol. The number of carbonyl (C=O) groups excluding carboxylic acids is 4. The van der Waals surface area contributed by atoms with Crippen molar-refractivity contribution in [3.63, 3.8) is 0 Å². The van der Waals surface area contributed by atoms with Gasteiger partial charge in [-0.3, -0.25) is 10.1 Å². The quantitative estimate of drug-likeness (QED) is 0.605. The summed E-state index contributed by atoms with van der Waals surface area (Å²) in [4.78, 5) is 51.3. The van der Waals surface area contributed by atoms with Gasteiger partial charge < -0.3 is 19.8 Å². The number of amides is 3. The molecule has 0 bridgehead atoms. The van der Waals surface area contributed by atoms with Crippen LogP contribution in [0.15, 0.2) is 18.2 Å². The number of urea groups is 1. The number of imide groups is 1. The van der Waals surface area contributed by atoms with Crippen LogP contribution in [0.25, 0.3) is 0 Å². The minimum atomic E-state index is -0.825. The van der Waals surface area contributed by atoms with Gasteiger partial charge in [0, 0.05) is 11.4 Å². The highest BCUT2D eigenvalue weighted by atomic mass is 16.5. The van der Waals surface area contributed by atoms with Crippen molar-refractivity contribution in [1.29, 1.82) is 0 Å². The maximum atomic E-state index is 12.3. The number of rotatable bonds is 6. The largest absolute Gasteiger partial charge is 0.459 e. The van der Waals surface area contributed by atoms with Gasteiger partial charge in [-0.1, -0.05) is 17.7 Å². The normalized spacial score (nSPS) is 10.5. The zero-order chi connectivity index (χ0) is 23.3. The van der Waals surface area contributed by atoms with E-state index in [1.54, 1.807) is 33.8 Å². The third kappa shape index (κ3) is 6.18. The highest BCUT2D eigenvalue weighted by Gasteiger charge is 2.25. The van der Waals surface area contributed by atoms with Crippen molar-refractivity contribution < 1.29 is 28.7 Å². The number of anilines is 1. The van der Waals surface area contributed by atoms with Crippen molar-refractivity contribution in [3.8, 4) is 0 Å². The molecule has 0 aliphatic rings. The Bertz CT molecular complexity index is 1020. The average molecular weight is 429 g/mol. The first-order valence-electron chi connectivity index (χ1n) is 9.75. The molecule has 0 atom stereocenters. The molecule has 3 amide bonds. The summed E-state index contributed by atoms with van der Waals surface area (Å²) in [7, 11) is 0. The van der Waals surface area contributed by atoms with Gasteiger partial charge in [0.15, 0.2) is 6.61 Å². The lowest BCUT2D eigenvalue weighted by Crippen LogP contribution is -2.37. The molecule has 166 valence electrons. The molecule has 0 fully saturated rings. The second-order valence-corrected chi connectivity index (χ2v) is 7.48. The Morgan fingerprint density at radius 2 is 1.71 bits per heavy atom. The molecule has 9 nitrogen and oxygen atoms in total. The predicted octanol–water partition coefficient (Wildman–Crippen LogP) is 3.32. The van der Waals surface area contributed by atoms with Gasteiger partial charge in [-0.15, -0.1) is 0 Å². The van der Waals surface area contributed by atoms with E-state index in [2.05, 4.69) is 15.6 Å². The second-order valence-electron chi connectivity index (χ2n) is 7.48. The predicted molar refractivity (Wildman–Crippen MR) is 114 cm³/mol. The summed E-state index contributed by atoms with van der Waals surface area (Å²) in [6, 6.07) is 4.72. The Morgan fingerprint density at radius 3 is 2.32 bits per heavy atom. The first-order chi connectivity index (χ1) is 14.5. The first kappa shape index (κ1) is 23.7. The lowest BCUT2D eigenvalue weighted by atomic mass is 10.1. The summed E-state index contributed by atoms with van der Waals surface area (Å²) in [6.07, 6.45) is -0.310. The van der Waals surface area contributed by atoms with Crippen LogP contribution in [0.3, 0.4) is 0 Å². The summed E-state index contributed by atoms with van der Waals surface area (Å²) in [5.41, 5.74) is 3.55. The number of H-pyrrole nitrogens is 1. The van der Waals surface area contributed by atoms with Crippen LogP contribution in [0.4, 0.5) is 10.5 Å². The fraction of sp³-hybridized carbons (Fsp3) is 0.364. The van der Waals surface area contributed by atoms with Crippen LogP contribution in [-0.4, -0.2) is 41.6 Å². The summed E-state index contributed by atoms with van der Waals surface area (Å²) in [5.74, 6) is -2.17. The first-order valence-corrected chi connectivity index (χ1v) is 9.75. The Kier molecular flexibility index (Phi) is 7.57. The highest BCUT2D eigenvalue weighted by Crippen LogP contribution is 2.20. The van der Waals surface area contributed by atoms with E-state index in [-0.39, 0.29) is 17.4 Å². The van der Waals surface area contributed by atoms with Crippen molar-refractivity contribution in [2.24, 2.45) is 0 Å². The number of hydrogen-bond donors (Lipinski definition) is 3. The van der Waals surface area contributed by atoms with Crippen LogP contribution in [0.2, 0.25) is 0 Å². The molecule has 1 aromatic carbocycles. The molecule has 3 N–H and O–H groups in total. The van der Waals surface area contributed by atoms with Crippen molar-refractivity contribution in [2.45, 2.75) is 47.6 Å². The molecule has 0 spiro atoms. The van der Waals surface area contributed by atoms with Gasteiger partial charge in [0.2, 0.25) is 0 Å². The highest BCUT2D eigenvalue weighted by molar-refractivity contribution is 6.03. The van der Waals surface area contributed by atoms with E-state index in [0.29, 0.717) is 16.9 Å². The summed E-state index contributed by atoms with van der Waals surface area (Å²) in [6.45, 7) is 9.75. The van der Waals surface area contributed by atoms with E-state index in [1.807, 2.05) is 26.0 Å². The van der Waals surface area contributed by atoms with Crippen LogP contribution in [0.5, 0.6) is 0 Å². The van der Waals surface area contributed by atoms with E-state index in [4.69, 9.17) is 9.47 Å². The van der Waals surface area contributed by atoms with Crippen molar-refractivity contribution >= 4 is 29.6 Å². The molecule has 0 aliphatic heterocycles. The SMILES string of the molecule is Cc1ccc(NC(=O)NC(=O)COC(=O)c2[nH]c(C)c(C(=O)OC(C)C)c2C)c(C)c1. The smallest absolute Gasteiger partial charge is 0.355 e. The fourth-order valence-corrected chi connectivity index (χ4v) is 3.01. The van der Waals surface area contributed by atoms with Gasteiger partial charge >= 0.3 is 18.0 Å². The molecule has 1 aromatic heterocycles. The van der Waals surface area contributed by atoms with Crippen molar-refractivity contribution in [2.75, 3.05) is 11.9 Å². The van der Waals surface area contributed by atoms with Crippen LogP contribution < -0.4 is 10.6 Å². The number of nitrogens with one attached hydrogen (secondary N) is 3. The number of aromatic amines is 1. The Hall–Kier alpha value is -3.62. The van der Waals surface area contributed by atoms with Crippen LogP contribution in [0, 0.1) is 27.7 Å². The van der Waals surface area contributed by atoms with E-state index < -0.39 is 30.5 Å². The van der Waals surface area contributed by atoms with Gasteiger partial charge in [-0.05, 0) is 58.7 Å². The minimum Gasteiger partial charge on any atom is -0.459 e. The molecule has 0 saturated heterocycles. The molecule has 0 aliphatic carbocycles. The maximum Gasteiger partial charge on any atom is 0.355 e. The standard InChI is InChI=1S/C22H27N3O6/c1-11(2)31-20(27)18-14(5)19(23-15(18)6)21(28)30-10-17(26)25-22(29)24-16-8-7-12(3)9-13(16)4/h7-9,11,23H,10H2,1-6H3,(H2,24,25,26,29). The second kappa shape index (κ2) is 9.92. The Balaban J connectivity index is 1.94. The number of esters is 2. The van der Waals surface area contributed by atoms with E-state index in [9.17, 15) is 19.2 Å². The van der Waals surface area contributed by atoms with Gasteiger partial charge in [0.1, 0.15) is 5.69 Å². The average Bonchev–Trinajstić information content (AvgIpc) is 2.95. The number of ether oxygens (including phenoxy) is 2. The molecule has 31 heavy (non-hydrogen) atoms. The lowest BCUT2D eigenvalue weighted by Gasteiger charge is -2.10. The molecule has 2 aromatic rings. The number of carbonyl (C=O) groups is 4. The molecule has 0 unspecified atom stereocenters. The van der Waals surface area contributed by atoms with Crippen LogP contribution >= 0.6 is 0 Å². The molecule has 0 saturated carbocycles. The minimum absolute atomic E-state index is 0.0423. The molecular formula is C22H27N3O6. The molecule has 0 radical (unpaired) electrons. The molecule has 1 heterocycles. The van der Waals surface area contributed by atoms with Crippen molar-refractivity contribution in [1.82, 2.24) is 10.3 Å². The Morgan fingerprint density at radius 1 is 1.03 bits per heavy atom. The Labute approximate surface area is 180 Å². The van der Waals surface area contributed by atoms with Gasteiger partial charge in [0.25, 0.3) is 5.91 Å². The van der Waals surface area contributed by atoms with E-state index in [0.717, 1.165) is 11.1 Å². The number of aryl methyl sites for hydroxylation is 3. The van der Waals surface area contributed by atoms with E-state index >= 15 is 0 Å². The number of hydrogen-bond acceptors (Lipinski definition) is 6. The number of benzene rings is 1. The van der Waals surface area contributed by atoms with E-state index in [1.165, 1.54) is 0 Å². The lowest BCUT2D eigenvalue weighted by molar-refractivity contribution is -0.123. The summed E-state index contributed by atoms with van der Waals surface area (Å²) < 4.78 is 10.2. The van der Waals surface area contributed by atoms with Gasteiger partial charge in [0.05, 0.1) is 11.7 Å². The van der Waals surface area contributed by atoms with Gasteiger partial charge in [-0.2, -0.15) is 0 Å². The summed E-state index contributed by atoms with van der Waals surface area (Å²) >= 11 is 0. The van der Waals surface area contributed by atoms with Crippen molar-refractivity contribution in [3.05, 3.63) is 51.8 Å². The van der Waals surface area contributed by atoms with Crippen LogP contribution in [-0.2, 0) is 14.3 Å². The molecule has 9 heteroatoms. The topological polar surface area (TPSA) is 127 Å². The molecule has 2 rings (SSSR count). The fourth-order valence-electron chi connectivity index (χ4n) is 3.01. The van der Waals surface area contributed by atoms with Crippen LogP contribution in [0.1, 0.15) is 57.1 Å². The zero-order valence-electron chi connectivity index (χ0n) is 18.5. The third-order valence-corrected chi connectivity index (χ3v) is 4.41. The summed E-state index contributed by atoms with van der Waals surface area (Å²) in [5, 5.41) is 4.66. The number of aromatic nitrogens is 1. The van der Waals surface area contributed by atoms with Gasteiger partial charge in [-0.25, -0.2) is 14.4 Å². The molecular weight excluding hydrogens is 402 g/mol. The maximum absolute atomic E-state index is 12.3.